The summed E-state index contributed by atoms with van der Waals surface area (Å²) in [6.45, 7) is 9.46. The quantitative estimate of drug-likeness (QED) is 0.919. The highest BCUT2D eigenvalue weighted by molar-refractivity contribution is 7.92. The molecule has 0 aliphatic rings. The zero-order valence-electron chi connectivity index (χ0n) is 14.4. The Kier molecular flexibility index (Phi) is 4.71. The summed E-state index contributed by atoms with van der Waals surface area (Å²) >= 11 is 0. The molecule has 2 aromatic rings. The highest BCUT2D eigenvalue weighted by atomic mass is 32.2. The standard InChI is InChI=1S/C18H23NO3S/c1-11-9-12(2)18(13(3)10-11)19-23(20,21)17-8-7-16(22-6)14(4)15(17)5/h7-10,19H,1-6H3. The Morgan fingerprint density at radius 3 is 2.00 bits per heavy atom. The van der Waals surface area contributed by atoms with E-state index in [-0.39, 0.29) is 4.90 Å². The van der Waals surface area contributed by atoms with Gasteiger partial charge in [-0.15, -0.1) is 0 Å². The minimum atomic E-state index is -3.65. The Bertz CT molecular complexity index is 832. The van der Waals surface area contributed by atoms with Crippen LogP contribution in [0.3, 0.4) is 0 Å². The first-order valence-electron chi connectivity index (χ1n) is 7.42. The van der Waals surface area contributed by atoms with E-state index in [0.29, 0.717) is 17.0 Å². The van der Waals surface area contributed by atoms with Crippen LogP contribution < -0.4 is 9.46 Å². The van der Waals surface area contributed by atoms with E-state index in [4.69, 9.17) is 4.74 Å². The smallest absolute Gasteiger partial charge is 0.262 e. The molecule has 0 saturated heterocycles. The summed E-state index contributed by atoms with van der Waals surface area (Å²) in [7, 11) is -2.08. The van der Waals surface area contributed by atoms with Crippen LogP contribution in [0, 0.1) is 34.6 Å². The van der Waals surface area contributed by atoms with Crippen molar-refractivity contribution in [1.29, 1.82) is 0 Å². The Balaban J connectivity index is 2.51. The summed E-state index contributed by atoms with van der Waals surface area (Å²) in [4.78, 5) is 0.273. The molecule has 0 aliphatic heterocycles. The van der Waals surface area contributed by atoms with E-state index in [1.54, 1.807) is 26.2 Å². The Hall–Kier alpha value is -2.01. The van der Waals surface area contributed by atoms with Gasteiger partial charge < -0.3 is 4.74 Å². The molecule has 2 aromatic carbocycles. The lowest BCUT2D eigenvalue weighted by Crippen LogP contribution is -2.16. The molecule has 2 rings (SSSR count). The van der Waals surface area contributed by atoms with Crippen molar-refractivity contribution in [2.75, 3.05) is 11.8 Å². The molecule has 4 nitrogen and oxygen atoms in total. The van der Waals surface area contributed by atoms with E-state index in [9.17, 15) is 8.42 Å². The molecular weight excluding hydrogens is 310 g/mol. The van der Waals surface area contributed by atoms with Crippen molar-refractivity contribution < 1.29 is 13.2 Å². The van der Waals surface area contributed by atoms with Gasteiger partial charge in [-0.2, -0.15) is 0 Å². The van der Waals surface area contributed by atoms with E-state index in [0.717, 1.165) is 22.3 Å². The van der Waals surface area contributed by atoms with Crippen LogP contribution in [0.4, 0.5) is 5.69 Å². The number of sulfonamides is 1. The summed E-state index contributed by atoms with van der Waals surface area (Å²) in [6, 6.07) is 7.21. The molecule has 0 unspecified atom stereocenters. The average molecular weight is 333 g/mol. The van der Waals surface area contributed by atoms with Crippen molar-refractivity contribution in [2.45, 2.75) is 39.5 Å². The van der Waals surface area contributed by atoms with Gasteiger partial charge in [-0.25, -0.2) is 8.42 Å². The molecule has 0 spiro atoms. The monoisotopic (exact) mass is 333 g/mol. The molecule has 23 heavy (non-hydrogen) atoms. The van der Waals surface area contributed by atoms with Crippen LogP contribution in [0.5, 0.6) is 5.75 Å². The third kappa shape index (κ3) is 3.34. The van der Waals surface area contributed by atoms with Gasteiger partial charge in [-0.1, -0.05) is 17.7 Å². The average Bonchev–Trinajstić information content (AvgIpc) is 2.45. The molecule has 0 saturated carbocycles. The predicted octanol–water partition coefficient (Wildman–Crippen LogP) is 4.04. The molecule has 5 heteroatoms. The molecule has 0 fully saturated rings. The minimum Gasteiger partial charge on any atom is -0.496 e. The fourth-order valence-corrected chi connectivity index (χ4v) is 4.32. The van der Waals surface area contributed by atoms with E-state index in [1.165, 1.54) is 0 Å². The number of benzene rings is 2. The molecule has 0 bridgehead atoms. The number of methoxy groups -OCH3 is 1. The lowest BCUT2D eigenvalue weighted by molar-refractivity contribution is 0.411. The van der Waals surface area contributed by atoms with Crippen molar-refractivity contribution >= 4 is 15.7 Å². The van der Waals surface area contributed by atoms with E-state index >= 15 is 0 Å². The molecular formula is C18H23NO3S. The van der Waals surface area contributed by atoms with Crippen molar-refractivity contribution in [2.24, 2.45) is 0 Å². The predicted molar refractivity (Wildman–Crippen MR) is 93.9 cm³/mol. The summed E-state index contributed by atoms with van der Waals surface area (Å²) < 4.78 is 33.6. The van der Waals surface area contributed by atoms with Gasteiger partial charge in [0.1, 0.15) is 5.75 Å². The Morgan fingerprint density at radius 2 is 1.48 bits per heavy atom. The number of anilines is 1. The topological polar surface area (TPSA) is 55.4 Å². The normalized spacial score (nSPS) is 11.4. The molecule has 0 aliphatic carbocycles. The minimum absolute atomic E-state index is 0.273. The Morgan fingerprint density at radius 1 is 0.913 bits per heavy atom. The second kappa shape index (κ2) is 6.24. The zero-order chi connectivity index (χ0) is 17.4. The largest absolute Gasteiger partial charge is 0.496 e. The van der Waals surface area contributed by atoms with Gasteiger partial charge in [0.05, 0.1) is 17.7 Å². The van der Waals surface area contributed by atoms with Crippen molar-refractivity contribution in [3.8, 4) is 5.75 Å². The molecule has 0 aromatic heterocycles. The number of hydrogen-bond donors (Lipinski definition) is 1. The number of nitrogens with one attached hydrogen (secondary N) is 1. The number of ether oxygens (including phenoxy) is 1. The van der Waals surface area contributed by atoms with E-state index in [1.807, 2.05) is 39.8 Å². The first-order valence-corrected chi connectivity index (χ1v) is 8.90. The van der Waals surface area contributed by atoms with Gasteiger partial charge in [-0.05, 0) is 69.0 Å². The van der Waals surface area contributed by atoms with Crippen molar-refractivity contribution in [1.82, 2.24) is 0 Å². The first-order chi connectivity index (χ1) is 10.7. The van der Waals surface area contributed by atoms with Crippen LogP contribution in [0.15, 0.2) is 29.2 Å². The third-order valence-corrected chi connectivity index (χ3v) is 5.60. The van der Waals surface area contributed by atoms with Crippen LogP contribution in [-0.2, 0) is 10.0 Å². The highest BCUT2D eigenvalue weighted by Crippen LogP contribution is 2.30. The molecule has 124 valence electrons. The van der Waals surface area contributed by atoms with Crippen LogP contribution in [0.25, 0.3) is 0 Å². The molecule has 0 atom stereocenters. The maximum absolute atomic E-state index is 12.8. The highest BCUT2D eigenvalue weighted by Gasteiger charge is 2.21. The van der Waals surface area contributed by atoms with Gasteiger partial charge in [-0.3, -0.25) is 4.72 Å². The summed E-state index contributed by atoms with van der Waals surface area (Å²) in [5.41, 5.74) is 5.10. The molecule has 0 radical (unpaired) electrons. The van der Waals surface area contributed by atoms with Gasteiger partial charge in [0.2, 0.25) is 0 Å². The van der Waals surface area contributed by atoms with E-state index in [2.05, 4.69) is 4.72 Å². The number of hydrogen-bond acceptors (Lipinski definition) is 3. The Labute approximate surface area is 138 Å². The summed E-state index contributed by atoms with van der Waals surface area (Å²) in [5.74, 6) is 0.684. The maximum atomic E-state index is 12.8. The summed E-state index contributed by atoms with van der Waals surface area (Å²) in [5, 5.41) is 0. The van der Waals surface area contributed by atoms with Crippen molar-refractivity contribution in [3.05, 3.63) is 52.1 Å². The molecule has 0 amide bonds. The van der Waals surface area contributed by atoms with Gasteiger partial charge in [0.15, 0.2) is 0 Å². The van der Waals surface area contributed by atoms with Crippen LogP contribution >= 0.6 is 0 Å². The fraction of sp³-hybridized carbons (Fsp3) is 0.333. The van der Waals surface area contributed by atoms with Gasteiger partial charge >= 0.3 is 0 Å². The zero-order valence-corrected chi connectivity index (χ0v) is 15.3. The van der Waals surface area contributed by atoms with Crippen LogP contribution in [-0.4, -0.2) is 15.5 Å². The molecule has 1 N–H and O–H groups in total. The second-order valence-corrected chi connectivity index (χ2v) is 7.55. The van der Waals surface area contributed by atoms with Gasteiger partial charge in [0.25, 0.3) is 10.0 Å². The van der Waals surface area contributed by atoms with Gasteiger partial charge in [0, 0.05) is 0 Å². The third-order valence-electron chi connectivity index (χ3n) is 4.11. The SMILES string of the molecule is COc1ccc(S(=O)(=O)Nc2c(C)cc(C)cc2C)c(C)c1C. The summed E-state index contributed by atoms with van der Waals surface area (Å²) in [6.07, 6.45) is 0. The van der Waals surface area contributed by atoms with Crippen molar-refractivity contribution in [3.63, 3.8) is 0 Å². The number of aryl methyl sites for hydroxylation is 3. The second-order valence-electron chi connectivity index (χ2n) is 5.90. The van der Waals surface area contributed by atoms with E-state index < -0.39 is 10.0 Å². The lowest BCUT2D eigenvalue weighted by atomic mass is 10.1. The first kappa shape index (κ1) is 17.3. The van der Waals surface area contributed by atoms with Crippen LogP contribution in [0.2, 0.25) is 0 Å². The maximum Gasteiger partial charge on any atom is 0.262 e. The fourth-order valence-electron chi connectivity index (χ4n) is 2.81. The van der Waals surface area contributed by atoms with Crippen LogP contribution in [0.1, 0.15) is 27.8 Å². The lowest BCUT2D eigenvalue weighted by Gasteiger charge is -2.17. The number of rotatable bonds is 4. The molecule has 0 heterocycles.